The minimum absolute atomic E-state index is 0.0363. The summed E-state index contributed by atoms with van der Waals surface area (Å²) in [5.41, 5.74) is 0.516. The van der Waals surface area contributed by atoms with E-state index in [4.69, 9.17) is 4.74 Å². The molecule has 1 aliphatic rings. The SMILES string of the molecule is CC[C@@H](C(=O)NC1CCCC1)N(Cc1ccc(OC)cc1)C(=O)CN(c1ccc(F)c(F)c1)S(C)(=O)=O. The minimum Gasteiger partial charge on any atom is -0.497 e. The Hall–Kier alpha value is -3.21. The van der Waals surface area contributed by atoms with Crippen LogP contribution >= 0.6 is 0 Å². The molecule has 1 N–H and O–H groups in total. The highest BCUT2D eigenvalue weighted by molar-refractivity contribution is 7.92. The number of amides is 2. The number of nitrogens with zero attached hydrogens (tertiary/aromatic N) is 2. The van der Waals surface area contributed by atoms with Crippen LogP contribution in [0.3, 0.4) is 0 Å². The van der Waals surface area contributed by atoms with Crippen molar-refractivity contribution in [2.45, 2.75) is 57.7 Å². The number of hydrogen-bond donors (Lipinski definition) is 1. The summed E-state index contributed by atoms with van der Waals surface area (Å²) in [6, 6.07) is 8.74. The lowest BCUT2D eigenvalue weighted by molar-refractivity contribution is -0.140. The topological polar surface area (TPSA) is 96.0 Å². The second kappa shape index (κ2) is 12.4. The third kappa shape index (κ3) is 7.41. The molecule has 0 heterocycles. The van der Waals surface area contributed by atoms with E-state index in [1.54, 1.807) is 31.2 Å². The average molecular weight is 538 g/mol. The van der Waals surface area contributed by atoms with E-state index in [1.165, 1.54) is 12.0 Å². The van der Waals surface area contributed by atoms with Gasteiger partial charge in [0, 0.05) is 18.7 Å². The molecule has 1 saturated carbocycles. The van der Waals surface area contributed by atoms with Crippen molar-refractivity contribution < 1.29 is 31.5 Å². The molecule has 0 aliphatic heterocycles. The molecule has 0 unspecified atom stereocenters. The van der Waals surface area contributed by atoms with Gasteiger partial charge in [0.15, 0.2) is 11.6 Å². The number of anilines is 1. The van der Waals surface area contributed by atoms with E-state index in [9.17, 15) is 26.8 Å². The maximum atomic E-state index is 13.9. The van der Waals surface area contributed by atoms with Crippen molar-refractivity contribution in [2.75, 3.05) is 24.2 Å². The van der Waals surface area contributed by atoms with Crippen molar-refractivity contribution >= 4 is 27.5 Å². The molecular weight excluding hydrogens is 504 g/mol. The molecule has 0 spiro atoms. The number of benzene rings is 2. The molecule has 37 heavy (non-hydrogen) atoms. The van der Waals surface area contributed by atoms with Crippen molar-refractivity contribution in [1.29, 1.82) is 0 Å². The van der Waals surface area contributed by atoms with Crippen LogP contribution in [0.4, 0.5) is 14.5 Å². The molecule has 0 radical (unpaired) electrons. The van der Waals surface area contributed by atoms with Gasteiger partial charge in [-0.25, -0.2) is 17.2 Å². The van der Waals surface area contributed by atoms with Gasteiger partial charge in [-0.1, -0.05) is 31.9 Å². The van der Waals surface area contributed by atoms with Crippen molar-refractivity contribution in [3.8, 4) is 5.75 Å². The molecule has 11 heteroatoms. The molecule has 2 amide bonds. The summed E-state index contributed by atoms with van der Waals surface area (Å²) in [6.07, 6.45) is 4.95. The van der Waals surface area contributed by atoms with Crippen molar-refractivity contribution in [3.05, 3.63) is 59.7 Å². The Morgan fingerprint density at radius 1 is 1.08 bits per heavy atom. The van der Waals surface area contributed by atoms with Gasteiger partial charge in [0.1, 0.15) is 18.3 Å². The number of rotatable bonds is 11. The number of nitrogens with one attached hydrogen (secondary N) is 1. The van der Waals surface area contributed by atoms with E-state index < -0.39 is 40.2 Å². The van der Waals surface area contributed by atoms with Gasteiger partial charge in [-0.05, 0) is 49.1 Å². The van der Waals surface area contributed by atoms with Gasteiger partial charge < -0.3 is 15.0 Å². The van der Waals surface area contributed by atoms with Crippen LogP contribution in [-0.4, -0.2) is 57.1 Å². The van der Waals surface area contributed by atoms with Crippen LogP contribution in [0, 0.1) is 11.6 Å². The van der Waals surface area contributed by atoms with Crippen molar-refractivity contribution in [3.63, 3.8) is 0 Å². The van der Waals surface area contributed by atoms with Gasteiger partial charge in [-0.15, -0.1) is 0 Å². The highest BCUT2D eigenvalue weighted by atomic mass is 32.2. The second-order valence-corrected chi connectivity index (χ2v) is 11.1. The molecule has 8 nitrogen and oxygen atoms in total. The van der Waals surface area contributed by atoms with Gasteiger partial charge in [0.05, 0.1) is 19.1 Å². The molecule has 1 fully saturated rings. The highest BCUT2D eigenvalue weighted by Crippen LogP contribution is 2.23. The average Bonchev–Trinajstić information content (AvgIpc) is 3.36. The quantitative estimate of drug-likeness (QED) is 0.473. The first-order valence-electron chi connectivity index (χ1n) is 12.2. The van der Waals surface area contributed by atoms with Crippen LogP contribution in [0.1, 0.15) is 44.6 Å². The summed E-state index contributed by atoms with van der Waals surface area (Å²) in [5.74, 6) is -2.72. The van der Waals surface area contributed by atoms with Gasteiger partial charge >= 0.3 is 0 Å². The third-order valence-electron chi connectivity index (χ3n) is 6.47. The largest absolute Gasteiger partial charge is 0.497 e. The van der Waals surface area contributed by atoms with E-state index in [0.717, 1.165) is 50.1 Å². The number of hydrogen-bond acceptors (Lipinski definition) is 5. The maximum Gasteiger partial charge on any atom is 0.244 e. The van der Waals surface area contributed by atoms with E-state index >= 15 is 0 Å². The summed E-state index contributed by atoms with van der Waals surface area (Å²) >= 11 is 0. The number of carbonyl (C=O) groups is 2. The first kappa shape index (κ1) is 28.4. The van der Waals surface area contributed by atoms with Crippen LogP contribution in [-0.2, 0) is 26.2 Å². The van der Waals surface area contributed by atoms with Crippen molar-refractivity contribution in [2.24, 2.45) is 0 Å². The molecule has 3 rings (SSSR count). The number of methoxy groups -OCH3 is 1. The Balaban J connectivity index is 1.93. The number of ether oxygens (including phenoxy) is 1. The predicted octanol–water partition coefficient (Wildman–Crippen LogP) is 3.61. The summed E-state index contributed by atoms with van der Waals surface area (Å²) in [6.45, 7) is 1.12. The molecule has 0 saturated heterocycles. The molecule has 2 aromatic carbocycles. The number of halogens is 2. The van der Waals surface area contributed by atoms with Crippen molar-refractivity contribution in [1.82, 2.24) is 10.2 Å². The summed E-state index contributed by atoms with van der Waals surface area (Å²) in [4.78, 5) is 28.2. The lowest BCUT2D eigenvalue weighted by Crippen LogP contribution is -2.53. The fraction of sp³-hybridized carbons (Fsp3) is 0.462. The van der Waals surface area contributed by atoms with Gasteiger partial charge in [-0.2, -0.15) is 0 Å². The fourth-order valence-electron chi connectivity index (χ4n) is 4.47. The predicted molar refractivity (Wildman–Crippen MR) is 137 cm³/mol. The first-order chi connectivity index (χ1) is 17.5. The molecule has 0 aromatic heterocycles. The van der Waals surface area contributed by atoms with Crippen LogP contribution in [0.25, 0.3) is 0 Å². The molecular formula is C26H33F2N3O5S. The molecule has 202 valence electrons. The van der Waals surface area contributed by atoms with Crippen LogP contribution in [0.2, 0.25) is 0 Å². The summed E-state index contributed by atoms with van der Waals surface area (Å²) in [7, 11) is -2.52. The molecule has 1 aliphatic carbocycles. The Bertz CT molecular complexity index is 1200. The lowest BCUT2D eigenvalue weighted by atomic mass is 10.1. The Morgan fingerprint density at radius 2 is 1.73 bits per heavy atom. The molecule has 0 bridgehead atoms. The van der Waals surface area contributed by atoms with Crippen LogP contribution in [0.15, 0.2) is 42.5 Å². The van der Waals surface area contributed by atoms with E-state index in [1.807, 2.05) is 0 Å². The van der Waals surface area contributed by atoms with E-state index in [2.05, 4.69) is 5.32 Å². The number of carbonyl (C=O) groups excluding carboxylic acids is 2. The zero-order chi connectivity index (χ0) is 27.2. The summed E-state index contributed by atoms with van der Waals surface area (Å²) < 4.78 is 58.4. The lowest BCUT2D eigenvalue weighted by Gasteiger charge is -2.33. The molecule has 1 atom stereocenters. The van der Waals surface area contributed by atoms with Gasteiger partial charge in [0.2, 0.25) is 21.8 Å². The normalized spacial score (nSPS) is 14.7. The first-order valence-corrected chi connectivity index (χ1v) is 14.0. The zero-order valence-corrected chi connectivity index (χ0v) is 22.1. The standard InChI is InChI=1S/C26H33F2N3O5S/c1-4-24(26(33)29-19-7-5-6-8-19)30(16-18-9-12-21(36-2)13-10-18)25(32)17-31(37(3,34)35)20-11-14-22(27)23(28)15-20/h9-15,19,24H,4-8,16-17H2,1-3H3,(H,29,33)/t24-/m0/s1. The Kier molecular flexibility index (Phi) is 9.47. The summed E-state index contributed by atoms with van der Waals surface area (Å²) in [5, 5.41) is 3.02. The van der Waals surface area contributed by atoms with E-state index in [0.29, 0.717) is 22.0 Å². The Labute approximate surface area is 216 Å². The zero-order valence-electron chi connectivity index (χ0n) is 21.2. The Morgan fingerprint density at radius 3 is 2.27 bits per heavy atom. The fourth-order valence-corrected chi connectivity index (χ4v) is 5.31. The van der Waals surface area contributed by atoms with Crippen LogP contribution < -0.4 is 14.4 Å². The second-order valence-electron chi connectivity index (χ2n) is 9.15. The van der Waals surface area contributed by atoms with Gasteiger partial charge in [0.25, 0.3) is 0 Å². The monoisotopic (exact) mass is 537 g/mol. The number of sulfonamides is 1. The van der Waals surface area contributed by atoms with E-state index in [-0.39, 0.29) is 24.2 Å². The van der Waals surface area contributed by atoms with Gasteiger partial charge in [-0.3, -0.25) is 13.9 Å². The smallest absolute Gasteiger partial charge is 0.244 e. The maximum absolute atomic E-state index is 13.9. The highest BCUT2D eigenvalue weighted by Gasteiger charge is 2.33. The minimum atomic E-state index is -4.05. The third-order valence-corrected chi connectivity index (χ3v) is 7.61. The van der Waals surface area contributed by atoms with Crippen LogP contribution in [0.5, 0.6) is 5.75 Å². The molecule has 2 aromatic rings.